The number of hydrogen-bond donors (Lipinski definition) is 2. The highest BCUT2D eigenvalue weighted by Crippen LogP contribution is 2.19. The Balaban J connectivity index is 2.25. The summed E-state index contributed by atoms with van der Waals surface area (Å²) in [5, 5.41) is 6.32. The molecule has 2 rings (SSSR count). The number of hydrogen-bond acceptors (Lipinski definition) is 5. The summed E-state index contributed by atoms with van der Waals surface area (Å²) >= 11 is 0. The van der Waals surface area contributed by atoms with E-state index >= 15 is 0 Å². The highest BCUT2D eigenvalue weighted by Gasteiger charge is 2.07. The lowest BCUT2D eigenvalue weighted by Crippen LogP contribution is -2.19. The first-order valence-corrected chi connectivity index (χ1v) is 6.62. The number of rotatable bonds is 6. The molecule has 2 N–H and O–H groups in total. The van der Waals surface area contributed by atoms with Gasteiger partial charge in [-0.1, -0.05) is 30.3 Å². The molecule has 0 fully saturated rings. The number of benzene rings is 1. The van der Waals surface area contributed by atoms with Crippen molar-refractivity contribution in [2.45, 2.75) is 13.0 Å². The second-order valence-electron chi connectivity index (χ2n) is 4.51. The lowest BCUT2D eigenvalue weighted by Gasteiger charge is -2.13. The number of nitrogens with zero attached hydrogens (tertiary/aromatic N) is 2. The zero-order valence-corrected chi connectivity index (χ0v) is 12.1. The maximum absolute atomic E-state index is 5.22. The normalized spacial score (nSPS) is 11.9. The first-order chi connectivity index (χ1) is 9.72. The van der Waals surface area contributed by atoms with Crippen LogP contribution in [0.5, 0.6) is 0 Å². The molecule has 2 aromatic rings. The Labute approximate surface area is 119 Å². The summed E-state index contributed by atoms with van der Waals surface area (Å²) in [5.41, 5.74) is 0.993. The van der Waals surface area contributed by atoms with E-state index in [0.29, 0.717) is 12.4 Å². The summed E-state index contributed by atoms with van der Waals surface area (Å²) in [5.74, 6) is 2.27. The van der Waals surface area contributed by atoms with Crippen LogP contribution in [0.15, 0.2) is 36.4 Å². The lowest BCUT2D eigenvalue weighted by atomic mass is 10.2. The number of aromatic nitrogens is 2. The molecule has 0 saturated carbocycles. The van der Waals surface area contributed by atoms with E-state index < -0.39 is 0 Å². The van der Waals surface area contributed by atoms with Gasteiger partial charge in [0.25, 0.3) is 0 Å². The highest BCUT2D eigenvalue weighted by molar-refractivity contribution is 5.61. The Morgan fingerprint density at radius 3 is 2.50 bits per heavy atom. The molecule has 0 amide bonds. The van der Waals surface area contributed by atoms with E-state index in [-0.39, 0.29) is 6.10 Å². The Morgan fingerprint density at radius 2 is 1.85 bits per heavy atom. The van der Waals surface area contributed by atoms with Crippen LogP contribution in [0.4, 0.5) is 11.6 Å². The number of nitrogens with one attached hydrogen (secondary N) is 2. The summed E-state index contributed by atoms with van der Waals surface area (Å²) < 4.78 is 5.22. The quantitative estimate of drug-likeness (QED) is 0.846. The number of anilines is 2. The van der Waals surface area contributed by atoms with Gasteiger partial charge in [-0.15, -0.1) is 0 Å². The third kappa shape index (κ3) is 3.68. The summed E-state index contributed by atoms with van der Waals surface area (Å²) in [6.07, 6.45) is 0.128. The summed E-state index contributed by atoms with van der Waals surface area (Å²) in [4.78, 5) is 9.02. The minimum Gasteiger partial charge on any atom is -0.380 e. The molecule has 1 aromatic heterocycles. The van der Waals surface area contributed by atoms with E-state index in [0.717, 1.165) is 17.2 Å². The molecular formula is C15H20N4O. The van der Waals surface area contributed by atoms with Gasteiger partial charge >= 0.3 is 0 Å². The largest absolute Gasteiger partial charge is 0.380 e. The van der Waals surface area contributed by atoms with Gasteiger partial charge in [-0.3, -0.25) is 0 Å². The SMILES string of the molecule is CNc1cc(NCC(C)OC)nc(-c2ccccc2)n1. The van der Waals surface area contributed by atoms with Gasteiger partial charge in [0.15, 0.2) is 5.82 Å². The summed E-state index contributed by atoms with van der Waals surface area (Å²) in [6, 6.07) is 11.8. The Kier molecular flexibility index (Phi) is 4.90. The molecule has 1 atom stereocenters. The van der Waals surface area contributed by atoms with E-state index in [2.05, 4.69) is 20.6 Å². The van der Waals surface area contributed by atoms with Crippen molar-refractivity contribution in [2.24, 2.45) is 0 Å². The molecule has 0 bridgehead atoms. The minimum absolute atomic E-state index is 0.128. The fourth-order valence-corrected chi connectivity index (χ4v) is 1.71. The molecule has 0 saturated heterocycles. The molecule has 0 aliphatic heterocycles. The second-order valence-corrected chi connectivity index (χ2v) is 4.51. The van der Waals surface area contributed by atoms with Crippen LogP contribution in [0.1, 0.15) is 6.92 Å². The molecule has 0 aliphatic carbocycles. The third-order valence-corrected chi connectivity index (χ3v) is 2.99. The maximum atomic E-state index is 5.22. The van der Waals surface area contributed by atoms with Crippen LogP contribution >= 0.6 is 0 Å². The maximum Gasteiger partial charge on any atom is 0.163 e. The molecule has 1 unspecified atom stereocenters. The van der Waals surface area contributed by atoms with E-state index in [9.17, 15) is 0 Å². The Hall–Kier alpha value is -2.14. The van der Waals surface area contributed by atoms with E-state index in [1.165, 1.54) is 0 Å². The molecule has 0 radical (unpaired) electrons. The Bertz CT molecular complexity index is 545. The molecule has 20 heavy (non-hydrogen) atoms. The van der Waals surface area contributed by atoms with Crippen LogP contribution in [-0.2, 0) is 4.74 Å². The summed E-state index contributed by atoms with van der Waals surface area (Å²) in [7, 11) is 3.54. The van der Waals surface area contributed by atoms with E-state index in [1.54, 1.807) is 7.11 Å². The predicted molar refractivity (Wildman–Crippen MR) is 82.0 cm³/mol. The molecule has 1 aromatic carbocycles. The topological polar surface area (TPSA) is 59.1 Å². The van der Waals surface area contributed by atoms with Gasteiger partial charge in [-0.2, -0.15) is 0 Å². The van der Waals surface area contributed by atoms with E-state index in [4.69, 9.17) is 4.74 Å². The fourth-order valence-electron chi connectivity index (χ4n) is 1.71. The third-order valence-electron chi connectivity index (χ3n) is 2.99. The first kappa shape index (κ1) is 14.3. The van der Waals surface area contributed by atoms with Crippen molar-refractivity contribution in [1.29, 1.82) is 0 Å². The van der Waals surface area contributed by atoms with Crippen molar-refractivity contribution in [1.82, 2.24) is 9.97 Å². The molecular weight excluding hydrogens is 252 g/mol. The van der Waals surface area contributed by atoms with Crippen molar-refractivity contribution >= 4 is 11.6 Å². The van der Waals surface area contributed by atoms with Gasteiger partial charge in [0, 0.05) is 32.3 Å². The minimum atomic E-state index is 0.128. The first-order valence-electron chi connectivity index (χ1n) is 6.62. The molecule has 0 aliphatic rings. The van der Waals surface area contributed by atoms with Crippen LogP contribution in [0.25, 0.3) is 11.4 Å². The van der Waals surface area contributed by atoms with Gasteiger partial charge < -0.3 is 15.4 Å². The zero-order valence-electron chi connectivity index (χ0n) is 12.1. The monoisotopic (exact) mass is 272 g/mol. The lowest BCUT2D eigenvalue weighted by molar-refractivity contribution is 0.128. The average molecular weight is 272 g/mol. The van der Waals surface area contributed by atoms with Gasteiger partial charge in [0.05, 0.1) is 6.10 Å². The van der Waals surface area contributed by atoms with Crippen molar-refractivity contribution in [3.63, 3.8) is 0 Å². The Morgan fingerprint density at radius 1 is 1.15 bits per heavy atom. The molecule has 106 valence electrons. The van der Waals surface area contributed by atoms with Crippen molar-refractivity contribution in [2.75, 3.05) is 31.3 Å². The van der Waals surface area contributed by atoms with Crippen LogP contribution in [0.3, 0.4) is 0 Å². The molecule has 1 heterocycles. The van der Waals surface area contributed by atoms with Crippen molar-refractivity contribution < 1.29 is 4.74 Å². The predicted octanol–water partition coefficient (Wildman–Crippen LogP) is 2.63. The number of methoxy groups -OCH3 is 1. The van der Waals surface area contributed by atoms with Gasteiger partial charge in [0.1, 0.15) is 11.6 Å². The van der Waals surface area contributed by atoms with Gasteiger partial charge in [-0.05, 0) is 6.92 Å². The average Bonchev–Trinajstić information content (AvgIpc) is 2.53. The van der Waals surface area contributed by atoms with Gasteiger partial charge in [0.2, 0.25) is 0 Å². The van der Waals surface area contributed by atoms with Crippen LogP contribution in [0, 0.1) is 0 Å². The van der Waals surface area contributed by atoms with E-state index in [1.807, 2.05) is 50.4 Å². The zero-order chi connectivity index (χ0) is 14.4. The van der Waals surface area contributed by atoms with Crippen molar-refractivity contribution in [3.05, 3.63) is 36.4 Å². The standard InChI is InChI=1S/C15H20N4O/c1-11(20-3)10-17-14-9-13(16-2)18-15(19-14)12-7-5-4-6-8-12/h4-9,11H,10H2,1-3H3,(H2,16,17,18,19). The van der Waals surface area contributed by atoms with Crippen LogP contribution in [0.2, 0.25) is 0 Å². The van der Waals surface area contributed by atoms with Gasteiger partial charge in [-0.25, -0.2) is 9.97 Å². The second kappa shape index (κ2) is 6.86. The number of ether oxygens (including phenoxy) is 1. The van der Waals surface area contributed by atoms with Crippen LogP contribution in [-0.4, -0.2) is 36.8 Å². The molecule has 0 spiro atoms. The smallest absolute Gasteiger partial charge is 0.163 e. The van der Waals surface area contributed by atoms with Crippen molar-refractivity contribution in [3.8, 4) is 11.4 Å². The van der Waals surface area contributed by atoms with Crippen LogP contribution < -0.4 is 10.6 Å². The molecule has 5 heteroatoms. The summed E-state index contributed by atoms with van der Waals surface area (Å²) in [6.45, 7) is 2.70. The fraction of sp³-hybridized carbons (Fsp3) is 0.333. The highest BCUT2D eigenvalue weighted by atomic mass is 16.5. The molecule has 5 nitrogen and oxygen atoms in total.